The lowest BCUT2D eigenvalue weighted by Gasteiger charge is -2.16. The first kappa shape index (κ1) is 9.68. The van der Waals surface area contributed by atoms with Gasteiger partial charge in [-0.2, -0.15) is 0 Å². The summed E-state index contributed by atoms with van der Waals surface area (Å²) in [6.07, 6.45) is 2.63. The van der Waals surface area contributed by atoms with Gasteiger partial charge in [-0.25, -0.2) is 9.97 Å². The van der Waals surface area contributed by atoms with Gasteiger partial charge in [0, 0.05) is 19.2 Å². The van der Waals surface area contributed by atoms with E-state index in [1.165, 1.54) is 6.33 Å². The van der Waals surface area contributed by atoms with Crippen LogP contribution in [0.25, 0.3) is 0 Å². The number of anilines is 1. The van der Waals surface area contributed by atoms with Gasteiger partial charge in [0.15, 0.2) is 0 Å². The quantitative estimate of drug-likeness (QED) is 0.741. The Labute approximate surface area is 88.1 Å². The van der Waals surface area contributed by atoms with E-state index >= 15 is 0 Å². The molecule has 1 aliphatic rings. The Bertz CT molecular complexity index is 317. The Hall–Kier alpha value is -0.870. The highest BCUT2D eigenvalue weighted by Crippen LogP contribution is 2.22. The minimum atomic E-state index is 0.492. The van der Waals surface area contributed by atoms with Gasteiger partial charge in [0.2, 0.25) is 0 Å². The van der Waals surface area contributed by atoms with E-state index in [2.05, 4.69) is 14.9 Å². The van der Waals surface area contributed by atoms with Crippen molar-refractivity contribution >= 4 is 17.4 Å². The molecule has 0 aliphatic carbocycles. The largest absolute Gasteiger partial charge is 0.356 e. The maximum absolute atomic E-state index is 5.79. The molecule has 2 rings (SSSR count). The maximum atomic E-state index is 5.79. The summed E-state index contributed by atoms with van der Waals surface area (Å²) in [4.78, 5) is 10.2. The molecule has 2 N–H and O–H groups in total. The van der Waals surface area contributed by atoms with Gasteiger partial charge >= 0.3 is 0 Å². The number of aromatic nitrogens is 2. The van der Waals surface area contributed by atoms with Crippen LogP contribution in [-0.2, 0) is 0 Å². The topological polar surface area (TPSA) is 55.0 Å². The molecule has 1 aliphatic heterocycles. The fourth-order valence-corrected chi connectivity index (χ4v) is 1.87. The third kappa shape index (κ3) is 1.96. The van der Waals surface area contributed by atoms with Crippen molar-refractivity contribution in [1.29, 1.82) is 0 Å². The molecule has 1 aromatic heterocycles. The first-order valence-electron chi connectivity index (χ1n) is 4.72. The van der Waals surface area contributed by atoms with E-state index in [1.54, 1.807) is 6.07 Å². The third-order valence-corrected chi connectivity index (χ3v) is 2.77. The van der Waals surface area contributed by atoms with E-state index in [1.807, 2.05) is 0 Å². The number of hydrogen-bond acceptors (Lipinski definition) is 4. The molecule has 0 aromatic carbocycles. The molecule has 2 heterocycles. The van der Waals surface area contributed by atoms with Crippen molar-refractivity contribution < 1.29 is 0 Å². The van der Waals surface area contributed by atoms with E-state index in [9.17, 15) is 0 Å². The molecule has 1 fully saturated rings. The van der Waals surface area contributed by atoms with Crippen molar-refractivity contribution in [3.63, 3.8) is 0 Å². The fraction of sp³-hybridized carbons (Fsp3) is 0.556. The van der Waals surface area contributed by atoms with Crippen LogP contribution in [0.5, 0.6) is 0 Å². The zero-order valence-corrected chi connectivity index (χ0v) is 8.61. The molecule has 0 saturated carbocycles. The SMILES string of the molecule is NCC1CCN(c2cc(Cl)ncn2)C1. The second-order valence-corrected chi connectivity index (χ2v) is 3.92. The molecule has 0 radical (unpaired) electrons. The Morgan fingerprint density at radius 2 is 2.43 bits per heavy atom. The number of halogens is 1. The van der Waals surface area contributed by atoms with E-state index < -0.39 is 0 Å². The van der Waals surface area contributed by atoms with E-state index in [4.69, 9.17) is 17.3 Å². The van der Waals surface area contributed by atoms with Gasteiger partial charge in [-0.05, 0) is 18.9 Å². The molecule has 0 amide bonds. The van der Waals surface area contributed by atoms with Crippen molar-refractivity contribution in [2.24, 2.45) is 11.7 Å². The van der Waals surface area contributed by atoms with Crippen molar-refractivity contribution in [2.75, 3.05) is 24.5 Å². The van der Waals surface area contributed by atoms with Crippen molar-refractivity contribution in [1.82, 2.24) is 9.97 Å². The summed E-state index contributed by atoms with van der Waals surface area (Å²) < 4.78 is 0. The Kier molecular flexibility index (Phi) is 2.84. The van der Waals surface area contributed by atoms with Crippen LogP contribution in [0.3, 0.4) is 0 Å². The Morgan fingerprint density at radius 1 is 1.57 bits per heavy atom. The molecule has 5 heteroatoms. The van der Waals surface area contributed by atoms with Crippen LogP contribution >= 0.6 is 11.6 Å². The maximum Gasteiger partial charge on any atom is 0.134 e. The molecule has 1 aromatic rings. The van der Waals surface area contributed by atoms with Crippen molar-refractivity contribution in [3.05, 3.63) is 17.5 Å². The smallest absolute Gasteiger partial charge is 0.134 e. The summed E-state index contributed by atoms with van der Waals surface area (Å²) in [7, 11) is 0. The molecule has 1 atom stereocenters. The van der Waals surface area contributed by atoms with Crippen molar-refractivity contribution in [3.8, 4) is 0 Å². The van der Waals surface area contributed by atoms with Gasteiger partial charge < -0.3 is 10.6 Å². The van der Waals surface area contributed by atoms with Crippen LogP contribution in [0.2, 0.25) is 5.15 Å². The van der Waals surface area contributed by atoms with Crippen LogP contribution in [0.1, 0.15) is 6.42 Å². The van der Waals surface area contributed by atoms with Crippen molar-refractivity contribution in [2.45, 2.75) is 6.42 Å². The van der Waals surface area contributed by atoms with Crippen LogP contribution in [0.15, 0.2) is 12.4 Å². The zero-order chi connectivity index (χ0) is 9.97. The van der Waals surface area contributed by atoms with Crippen LogP contribution in [-0.4, -0.2) is 29.6 Å². The van der Waals surface area contributed by atoms with E-state index in [0.29, 0.717) is 11.1 Å². The van der Waals surface area contributed by atoms with Gasteiger partial charge in [0.1, 0.15) is 17.3 Å². The molecule has 0 bridgehead atoms. The molecule has 76 valence electrons. The lowest BCUT2D eigenvalue weighted by atomic mass is 10.1. The van der Waals surface area contributed by atoms with Crippen LogP contribution in [0.4, 0.5) is 5.82 Å². The van der Waals surface area contributed by atoms with E-state index in [0.717, 1.165) is 31.9 Å². The fourth-order valence-electron chi connectivity index (χ4n) is 1.73. The first-order valence-corrected chi connectivity index (χ1v) is 5.10. The second-order valence-electron chi connectivity index (χ2n) is 3.54. The monoisotopic (exact) mass is 212 g/mol. The van der Waals surface area contributed by atoms with Gasteiger partial charge in [0.25, 0.3) is 0 Å². The molecule has 1 unspecified atom stereocenters. The molecule has 1 saturated heterocycles. The van der Waals surface area contributed by atoms with Gasteiger partial charge in [-0.3, -0.25) is 0 Å². The average Bonchev–Trinajstić information content (AvgIpc) is 2.66. The number of nitrogens with zero attached hydrogens (tertiary/aromatic N) is 3. The normalized spacial score (nSPS) is 21.6. The Morgan fingerprint density at radius 3 is 3.07 bits per heavy atom. The minimum absolute atomic E-state index is 0.492. The predicted molar refractivity (Wildman–Crippen MR) is 56.4 cm³/mol. The first-order chi connectivity index (χ1) is 6.79. The lowest BCUT2D eigenvalue weighted by Crippen LogP contribution is -2.23. The predicted octanol–water partition coefficient (Wildman–Crippen LogP) is 0.915. The third-order valence-electron chi connectivity index (χ3n) is 2.56. The summed E-state index contributed by atoms with van der Waals surface area (Å²) in [6, 6.07) is 1.79. The summed E-state index contributed by atoms with van der Waals surface area (Å²) in [5, 5.41) is 0.492. The number of rotatable bonds is 2. The van der Waals surface area contributed by atoms with Gasteiger partial charge in [0.05, 0.1) is 0 Å². The summed E-state index contributed by atoms with van der Waals surface area (Å²) in [5.74, 6) is 1.49. The second kappa shape index (κ2) is 4.11. The van der Waals surface area contributed by atoms with E-state index in [-0.39, 0.29) is 0 Å². The van der Waals surface area contributed by atoms with Gasteiger partial charge in [-0.1, -0.05) is 11.6 Å². The standard InChI is InChI=1S/C9H13ClN4/c10-8-3-9(13-6-12-8)14-2-1-7(4-11)5-14/h3,6-7H,1-2,4-5,11H2. The summed E-state index contributed by atoms with van der Waals surface area (Å²) >= 11 is 5.79. The minimum Gasteiger partial charge on any atom is -0.356 e. The molecular weight excluding hydrogens is 200 g/mol. The molecular formula is C9H13ClN4. The van der Waals surface area contributed by atoms with Crippen LogP contribution in [0, 0.1) is 5.92 Å². The molecule has 0 spiro atoms. The highest BCUT2D eigenvalue weighted by Gasteiger charge is 2.22. The highest BCUT2D eigenvalue weighted by molar-refractivity contribution is 6.29. The summed E-state index contributed by atoms with van der Waals surface area (Å²) in [6.45, 7) is 2.73. The molecule has 4 nitrogen and oxygen atoms in total. The lowest BCUT2D eigenvalue weighted by molar-refractivity contribution is 0.602. The Balaban J connectivity index is 2.09. The van der Waals surface area contributed by atoms with Crippen LogP contribution < -0.4 is 10.6 Å². The average molecular weight is 213 g/mol. The molecule has 14 heavy (non-hydrogen) atoms. The number of hydrogen-bond donors (Lipinski definition) is 1. The van der Waals surface area contributed by atoms with Gasteiger partial charge in [-0.15, -0.1) is 0 Å². The zero-order valence-electron chi connectivity index (χ0n) is 7.86. The summed E-state index contributed by atoms with van der Waals surface area (Å²) in [5.41, 5.74) is 5.62. The number of nitrogens with two attached hydrogens (primary N) is 1. The highest BCUT2D eigenvalue weighted by atomic mass is 35.5.